The van der Waals surface area contributed by atoms with E-state index in [0.29, 0.717) is 18.3 Å². The van der Waals surface area contributed by atoms with Gasteiger partial charge >= 0.3 is 5.97 Å². The molecule has 0 aliphatic heterocycles. The molecule has 1 unspecified atom stereocenters. The summed E-state index contributed by atoms with van der Waals surface area (Å²) >= 11 is 0. The summed E-state index contributed by atoms with van der Waals surface area (Å²) in [5.74, 6) is 3.06. The molecule has 0 saturated heterocycles. The summed E-state index contributed by atoms with van der Waals surface area (Å²) in [6.07, 6.45) is 22.1. The van der Waals surface area contributed by atoms with E-state index in [0.717, 1.165) is 30.6 Å². The second-order valence-corrected chi connectivity index (χ2v) is 9.55. The second-order valence-electron chi connectivity index (χ2n) is 9.55. The first-order valence-electron chi connectivity index (χ1n) is 11.7. The third kappa shape index (κ3) is 6.07. The van der Waals surface area contributed by atoms with Gasteiger partial charge in [-0.05, 0) is 74.5 Å². The maximum absolute atomic E-state index is 10.7. The van der Waals surface area contributed by atoms with Crippen molar-refractivity contribution in [1.29, 1.82) is 0 Å². The summed E-state index contributed by atoms with van der Waals surface area (Å²) in [4.78, 5) is 10.6. The standard InChI is InChI=1S/C24H40O3/c25-23(18-9-5-1-2-6-10-18)16-15-22-20-14-13-19(17-20)21(22)11-7-3-4-8-12-24(26)27/h15-16,18-23,25H,1-14,17H2,(H,26,27)/t19-,20+,21-,22+,23?/m0/s1. The number of aliphatic hydroxyl groups excluding tert-OH is 1. The van der Waals surface area contributed by atoms with E-state index < -0.39 is 5.97 Å². The van der Waals surface area contributed by atoms with E-state index in [1.165, 1.54) is 77.0 Å². The quantitative estimate of drug-likeness (QED) is 0.281. The van der Waals surface area contributed by atoms with E-state index in [9.17, 15) is 9.90 Å². The molecule has 3 nitrogen and oxygen atoms in total. The predicted molar refractivity (Wildman–Crippen MR) is 109 cm³/mol. The molecule has 0 aromatic rings. The minimum Gasteiger partial charge on any atom is -0.481 e. The first-order chi connectivity index (χ1) is 13.1. The van der Waals surface area contributed by atoms with Gasteiger partial charge in [-0.15, -0.1) is 0 Å². The topological polar surface area (TPSA) is 57.5 Å². The molecule has 0 radical (unpaired) electrons. The van der Waals surface area contributed by atoms with Crippen molar-refractivity contribution >= 4 is 5.97 Å². The maximum Gasteiger partial charge on any atom is 0.303 e. The van der Waals surface area contributed by atoms with Gasteiger partial charge < -0.3 is 10.2 Å². The van der Waals surface area contributed by atoms with Crippen LogP contribution in [0.2, 0.25) is 0 Å². The highest BCUT2D eigenvalue weighted by molar-refractivity contribution is 5.66. The van der Waals surface area contributed by atoms with Crippen LogP contribution in [0.15, 0.2) is 12.2 Å². The molecule has 3 rings (SSSR count). The molecule has 3 fully saturated rings. The molecule has 0 spiro atoms. The number of rotatable bonds is 10. The van der Waals surface area contributed by atoms with Crippen molar-refractivity contribution in [2.45, 2.75) is 102 Å². The van der Waals surface area contributed by atoms with Gasteiger partial charge in [0.15, 0.2) is 0 Å². The van der Waals surface area contributed by atoms with E-state index in [1.54, 1.807) is 0 Å². The first-order valence-corrected chi connectivity index (χ1v) is 11.7. The van der Waals surface area contributed by atoms with E-state index in [1.807, 2.05) is 0 Å². The highest BCUT2D eigenvalue weighted by Crippen LogP contribution is 2.54. The number of fused-ring (bicyclic) bond motifs is 2. The van der Waals surface area contributed by atoms with Crippen molar-refractivity contribution in [3.8, 4) is 0 Å². The fourth-order valence-corrected chi connectivity index (χ4v) is 6.24. The van der Waals surface area contributed by atoms with Crippen molar-refractivity contribution in [3.05, 3.63) is 12.2 Å². The fourth-order valence-electron chi connectivity index (χ4n) is 6.24. The van der Waals surface area contributed by atoms with Crippen molar-refractivity contribution in [3.63, 3.8) is 0 Å². The average Bonchev–Trinajstić information content (AvgIpc) is 3.13. The van der Waals surface area contributed by atoms with Crippen LogP contribution in [0.1, 0.15) is 96.3 Å². The molecule has 2 N–H and O–H groups in total. The largest absolute Gasteiger partial charge is 0.481 e. The summed E-state index contributed by atoms with van der Waals surface area (Å²) in [5.41, 5.74) is 0. The smallest absolute Gasteiger partial charge is 0.303 e. The molecule has 3 aliphatic carbocycles. The van der Waals surface area contributed by atoms with Gasteiger partial charge in [-0.1, -0.05) is 57.1 Å². The molecular formula is C24H40O3. The summed E-state index contributed by atoms with van der Waals surface area (Å²) in [6, 6.07) is 0. The van der Waals surface area contributed by atoms with Crippen molar-refractivity contribution in [2.75, 3.05) is 0 Å². The van der Waals surface area contributed by atoms with Crippen LogP contribution < -0.4 is 0 Å². The van der Waals surface area contributed by atoms with Gasteiger partial charge in [0.2, 0.25) is 0 Å². The average molecular weight is 377 g/mol. The van der Waals surface area contributed by atoms with E-state index in [4.69, 9.17) is 5.11 Å². The lowest BCUT2D eigenvalue weighted by atomic mass is 9.76. The van der Waals surface area contributed by atoms with Crippen LogP contribution in [0.4, 0.5) is 0 Å². The number of carboxylic acid groups (broad SMARTS) is 1. The van der Waals surface area contributed by atoms with E-state index in [2.05, 4.69) is 12.2 Å². The molecule has 3 aliphatic rings. The Morgan fingerprint density at radius 1 is 0.926 bits per heavy atom. The van der Waals surface area contributed by atoms with Crippen molar-refractivity contribution < 1.29 is 15.0 Å². The van der Waals surface area contributed by atoms with E-state index >= 15 is 0 Å². The normalized spacial score (nSPS) is 32.8. The lowest BCUT2D eigenvalue weighted by molar-refractivity contribution is -0.137. The van der Waals surface area contributed by atoms with Gasteiger partial charge in [0.25, 0.3) is 0 Å². The van der Waals surface area contributed by atoms with Gasteiger partial charge in [0.05, 0.1) is 6.10 Å². The van der Waals surface area contributed by atoms with Crippen molar-refractivity contribution in [2.24, 2.45) is 29.6 Å². The lowest BCUT2D eigenvalue weighted by Gasteiger charge is -2.29. The molecule has 0 aromatic heterocycles. The predicted octanol–water partition coefficient (Wildman–Crippen LogP) is 5.96. The number of unbranched alkanes of at least 4 members (excludes halogenated alkanes) is 3. The van der Waals surface area contributed by atoms with E-state index in [-0.39, 0.29) is 6.10 Å². The van der Waals surface area contributed by atoms with Crippen LogP contribution in [0.3, 0.4) is 0 Å². The van der Waals surface area contributed by atoms with Gasteiger partial charge in [0, 0.05) is 6.42 Å². The maximum atomic E-state index is 10.7. The highest BCUT2D eigenvalue weighted by atomic mass is 16.4. The molecule has 3 heteroatoms. The molecule has 3 saturated carbocycles. The number of aliphatic carboxylic acids is 1. The third-order valence-electron chi connectivity index (χ3n) is 7.75. The molecule has 0 heterocycles. The first kappa shape index (κ1) is 20.9. The van der Waals surface area contributed by atoms with Gasteiger partial charge in [-0.3, -0.25) is 4.79 Å². The number of hydrogen-bond donors (Lipinski definition) is 2. The number of carboxylic acids is 1. The fraction of sp³-hybridized carbons (Fsp3) is 0.875. The molecule has 2 bridgehead atoms. The zero-order chi connectivity index (χ0) is 19.1. The van der Waals surface area contributed by atoms with Crippen LogP contribution in [0, 0.1) is 29.6 Å². The monoisotopic (exact) mass is 376 g/mol. The molecular weight excluding hydrogens is 336 g/mol. The Morgan fingerprint density at radius 3 is 2.37 bits per heavy atom. The molecule has 5 atom stereocenters. The number of aliphatic hydroxyl groups is 1. The molecule has 0 aromatic carbocycles. The minimum atomic E-state index is -0.666. The van der Waals surface area contributed by atoms with Gasteiger partial charge in [-0.25, -0.2) is 0 Å². The SMILES string of the molecule is O=C(O)CCCCCC[C@H]1[C@H]2CC[C@H](C2)[C@H]1C=CC(O)C1CCCCCC1. The van der Waals surface area contributed by atoms with Crippen LogP contribution in [0.25, 0.3) is 0 Å². The van der Waals surface area contributed by atoms with Crippen LogP contribution in [-0.4, -0.2) is 22.3 Å². The zero-order valence-electron chi connectivity index (χ0n) is 17.0. The Hall–Kier alpha value is -0.830. The Bertz CT molecular complexity index is 478. The molecule has 27 heavy (non-hydrogen) atoms. The second kappa shape index (κ2) is 10.6. The Morgan fingerprint density at radius 2 is 1.63 bits per heavy atom. The lowest BCUT2D eigenvalue weighted by Crippen LogP contribution is -2.22. The summed E-state index contributed by atoms with van der Waals surface area (Å²) in [5, 5.41) is 19.4. The summed E-state index contributed by atoms with van der Waals surface area (Å²) in [6.45, 7) is 0. The number of hydrogen-bond acceptors (Lipinski definition) is 2. The van der Waals surface area contributed by atoms with Crippen LogP contribution in [0.5, 0.6) is 0 Å². The molecule has 0 amide bonds. The van der Waals surface area contributed by atoms with Crippen LogP contribution in [-0.2, 0) is 4.79 Å². The summed E-state index contributed by atoms with van der Waals surface area (Å²) < 4.78 is 0. The van der Waals surface area contributed by atoms with Gasteiger partial charge in [0.1, 0.15) is 0 Å². The zero-order valence-corrected chi connectivity index (χ0v) is 17.0. The third-order valence-corrected chi connectivity index (χ3v) is 7.75. The molecule has 154 valence electrons. The number of allylic oxidation sites excluding steroid dienone is 1. The Labute approximate surface area is 165 Å². The van der Waals surface area contributed by atoms with Gasteiger partial charge in [-0.2, -0.15) is 0 Å². The highest BCUT2D eigenvalue weighted by Gasteiger charge is 2.45. The minimum absolute atomic E-state index is 0.237. The number of carbonyl (C=O) groups is 1. The van der Waals surface area contributed by atoms with Crippen molar-refractivity contribution in [1.82, 2.24) is 0 Å². The Kier molecular flexibility index (Phi) is 8.24. The summed E-state index contributed by atoms with van der Waals surface area (Å²) in [7, 11) is 0. The van der Waals surface area contributed by atoms with Crippen LogP contribution >= 0.6 is 0 Å². The Balaban J connectivity index is 1.45.